The molecule has 1 amide bonds. The number of rotatable bonds is 5. The smallest absolute Gasteiger partial charge is 0.270 e. The van der Waals surface area contributed by atoms with Crippen molar-refractivity contribution in [1.29, 1.82) is 0 Å². The highest BCUT2D eigenvalue weighted by molar-refractivity contribution is 7.12. The minimum Gasteiger partial charge on any atom is -0.340 e. The minimum absolute atomic E-state index is 0.0575. The average molecular weight is 344 g/mol. The summed E-state index contributed by atoms with van der Waals surface area (Å²) >= 11 is 1.33. The van der Waals surface area contributed by atoms with Gasteiger partial charge in [0.15, 0.2) is 0 Å². The fourth-order valence-electron chi connectivity index (χ4n) is 2.02. The molecule has 3 rings (SSSR count). The van der Waals surface area contributed by atoms with Gasteiger partial charge in [0.2, 0.25) is 11.7 Å². The molecule has 0 aliphatic heterocycles. The van der Waals surface area contributed by atoms with Crippen LogP contribution in [0.4, 0.5) is 5.69 Å². The highest BCUT2D eigenvalue weighted by atomic mass is 32.1. The number of carbonyl (C=O) groups is 1. The summed E-state index contributed by atoms with van der Waals surface area (Å²) in [7, 11) is 0. The molecule has 0 saturated heterocycles. The predicted octanol–water partition coefficient (Wildman–Crippen LogP) is 3.20. The largest absolute Gasteiger partial charge is 0.340 e. The van der Waals surface area contributed by atoms with Crippen LogP contribution in [0, 0.1) is 10.1 Å². The van der Waals surface area contributed by atoms with Crippen LogP contribution < -0.4 is 5.32 Å². The van der Waals surface area contributed by atoms with Gasteiger partial charge in [-0.05, 0) is 18.4 Å². The van der Waals surface area contributed by atoms with Gasteiger partial charge in [0.05, 0.1) is 9.80 Å². The normalized spacial score (nSPS) is 11.9. The van der Waals surface area contributed by atoms with E-state index in [0.717, 1.165) is 0 Å². The van der Waals surface area contributed by atoms with E-state index in [9.17, 15) is 14.9 Å². The van der Waals surface area contributed by atoms with Gasteiger partial charge in [0, 0.05) is 17.7 Å². The Kier molecular flexibility index (Phi) is 4.34. The zero-order valence-electron chi connectivity index (χ0n) is 12.5. The lowest BCUT2D eigenvalue weighted by atomic mass is 10.2. The quantitative estimate of drug-likeness (QED) is 0.562. The van der Waals surface area contributed by atoms with Gasteiger partial charge in [0.1, 0.15) is 6.04 Å². The standard InChI is InChI=1S/C15H12N4O4S/c1-9(16-14(20)12-6-3-7-24-12)15-17-13(18-23-15)10-4-2-5-11(8-10)19(21)22/h2-9H,1H3,(H,16,20)/t9-/m0/s1. The van der Waals surface area contributed by atoms with E-state index in [1.54, 1.807) is 31.2 Å². The van der Waals surface area contributed by atoms with Gasteiger partial charge < -0.3 is 9.84 Å². The summed E-state index contributed by atoms with van der Waals surface area (Å²) in [6.45, 7) is 1.72. The van der Waals surface area contributed by atoms with Crippen molar-refractivity contribution in [3.8, 4) is 11.4 Å². The van der Waals surface area contributed by atoms with Crippen molar-refractivity contribution in [2.45, 2.75) is 13.0 Å². The molecule has 8 nitrogen and oxygen atoms in total. The molecule has 0 aliphatic rings. The molecule has 24 heavy (non-hydrogen) atoms. The number of hydrogen-bond acceptors (Lipinski definition) is 7. The van der Waals surface area contributed by atoms with Crippen LogP contribution in [-0.4, -0.2) is 21.0 Å². The van der Waals surface area contributed by atoms with Crippen molar-refractivity contribution in [1.82, 2.24) is 15.5 Å². The van der Waals surface area contributed by atoms with Crippen molar-refractivity contribution in [3.63, 3.8) is 0 Å². The van der Waals surface area contributed by atoms with E-state index in [-0.39, 0.29) is 23.3 Å². The molecule has 0 bridgehead atoms. The molecule has 0 fully saturated rings. The molecule has 0 spiro atoms. The number of hydrogen-bond donors (Lipinski definition) is 1. The number of nitrogens with one attached hydrogen (secondary N) is 1. The van der Waals surface area contributed by atoms with E-state index in [2.05, 4.69) is 15.5 Å². The van der Waals surface area contributed by atoms with Crippen LogP contribution in [0.25, 0.3) is 11.4 Å². The molecule has 0 radical (unpaired) electrons. The Labute approximate surface area is 140 Å². The van der Waals surface area contributed by atoms with Gasteiger partial charge >= 0.3 is 0 Å². The van der Waals surface area contributed by atoms with Gasteiger partial charge in [-0.1, -0.05) is 23.4 Å². The predicted molar refractivity (Wildman–Crippen MR) is 86.6 cm³/mol. The Morgan fingerprint density at radius 2 is 2.21 bits per heavy atom. The summed E-state index contributed by atoms with van der Waals surface area (Å²) in [5.41, 5.74) is 0.411. The molecule has 2 aromatic heterocycles. The molecule has 122 valence electrons. The molecular weight excluding hydrogens is 332 g/mol. The lowest BCUT2D eigenvalue weighted by Crippen LogP contribution is -2.26. The Morgan fingerprint density at radius 3 is 2.92 bits per heavy atom. The Hall–Kier alpha value is -3.07. The first kappa shape index (κ1) is 15.8. The first-order chi connectivity index (χ1) is 11.5. The lowest BCUT2D eigenvalue weighted by Gasteiger charge is -2.07. The second kappa shape index (κ2) is 6.59. The second-order valence-corrected chi connectivity index (χ2v) is 5.88. The van der Waals surface area contributed by atoms with Crippen molar-refractivity contribution < 1.29 is 14.2 Å². The fourth-order valence-corrected chi connectivity index (χ4v) is 2.65. The van der Waals surface area contributed by atoms with Crippen molar-refractivity contribution in [2.75, 3.05) is 0 Å². The molecule has 0 unspecified atom stereocenters. The SMILES string of the molecule is C[C@H](NC(=O)c1cccs1)c1nc(-c2cccc([N+](=O)[O-])c2)no1. The number of non-ortho nitro benzene ring substituents is 1. The Balaban J connectivity index is 1.76. The summed E-state index contributed by atoms with van der Waals surface area (Å²) in [6.07, 6.45) is 0. The summed E-state index contributed by atoms with van der Waals surface area (Å²) in [6, 6.07) is 8.96. The molecule has 2 heterocycles. The van der Waals surface area contributed by atoms with Crippen molar-refractivity contribution in [2.24, 2.45) is 0 Å². The Morgan fingerprint density at radius 1 is 1.38 bits per heavy atom. The fraction of sp³-hybridized carbons (Fsp3) is 0.133. The van der Waals surface area contributed by atoms with Crippen molar-refractivity contribution in [3.05, 3.63) is 62.7 Å². The maximum atomic E-state index is 12.0. The monoisotopic (exact) mass is 344 g/mol. The molecule has 3 aromatic rings. The van der Waals surface area contributed by atoms with Gasteiger partial charge in [-0.25, -0.2) is 0 Å². The molecule has 1 aromatic carbocycles. The van der Waals surface area contributed by atoms with Gasteiger partial charge in [-0.3, -0.25) is 14.9 Å². The maximum absolute atomic E-state index is 12.0. The topological polar surface area (TPSA) is 111 Å². The van der Waals surface area contributed by atoms with Crippen LogP contribution in [0.5, 0.6) is 0 Å². The number of nitrogens with zero attached hydrogens (tertiary/aromatic N) is 3. The van der Waals surface area contributed by atoms with E-state index >= 15 is 0 Å². The highest BCUT2D eigenvalue weighted by Gasteiger charge is 2.19. The Bertz CT molecular complexity index is 875. The van der Waals surface area contributed by atoms with E-state index < -0.39 is 11.0 Å². The molecular formula is C15H12N4O4S. The van der Waals surface area contributed by atoms with Gasteiger partial charge in [0.25, 0.3) is 11.6 Å². The third kappa shape index (κ3) is 3.30. The maximum Gasteiger partial charge on any atom is 0.270 e. The zero-order chi connectivity index (χ0) is 17.1. The van der Waals surface area contributed by atoms with E-state index in [0.29, 0.717) is 10.4 Å². The number of amides is 1. The molecule has 9 heteroatoms. The zero-order valence-corrected chi connectivity index (χ0v) is 13.3. The van der Waals surface area contributed by atoms with Crippen LogP contribution in [0.1, 0.15) is 28.5 Å². The molecule has 0 saturated carbocycles. The van der Waals surface area contributed by atoms with E-state index in [4.69, 9.17) is 4.52 Å². The summed E-state index contributed by atoms with van der Waals surface area (Å²) in [5.74, 6) is 0.222. The number of carbonyl (C=O) groups excluding carboxylic acids is 1. The molecule has 1 N–H and O–H groups in total. The van der Waals surface area contributed by atoms with Crippen LogP contribution >= 0.6 is 11.3 Å². The van der Waals surface area contributed by atoms with Gasteiger partial charge in [-0.15, -0.1) is 11.3 Å². The molecule has 0 aliphatic carbocycles. The summed E-state index contributed by atoms with van der Waals surface area (Å²) in [5, 5.41) is 19.2. The number of nitro groups is 1. The van der Waals surface area contributed by atoms with E-state index in [1.165, 1.54) is 23.5 Å². The highest BCUT2D eigenvalue weighted by Crippen LogP contribution is 2.23. The lowest BCUT2D eigenvalue weighted by molar-refractivity contribution is -0.384. The third-order valence-corrected chi connectivity index (χ3v) is 4.09. The van der Waals surface area contributed by atoms with Crippen molar-refractivity contribution >= 4 is 22.9 Å². The molecule has 1 atom stereocenters. The first-order valence-electron chi connectivity index (χ1n) is 6.97. The minimum atomic E-state index is -0.492. The number of thiophene rings is 1. The summed E-state index contributed by atoms with van der Waals surface area (Å²) in [4.78, 5) is 27.1. The number of benzene rings is 1. The van der Waals surface area contributed by atoms with Crippen LogP contribution in [0.2, 0.25) is 0 Å². The van der Waals surface area contributed by atoms with Gasteiger partial charge in [-0.2, -0.15) is 4.98 Å². The second-order valence-electron chi connectivity index (χ2n) is 4.94. The third-order valence-electron chi connectivity index (χ3n) is 3.22. The van der Waals surface area contributed by atoms with Crippen LogP contribution in [0.3, 0.4) is 0 Å². The average Bonchev–Trinajstić information content (AvgIpc) is 3.26. The van der Waals surface area contributed by atoms with Crippen LogP contribution in [0.15, 0.2) is 46.3 Å². The summed E-state index contributed by atoms with van der Waals surface area (Å²) < 4.78 is 5.16. The number of aromatic nitrogens is 2. The number of nitro benzene ring substituents is 1. The first-order valence-corrected chi connectivity index (χ1v) is 7.85. The van der Waals surface area contributed by atoms with Crippen LogP contribution in [-0.2, 0) is 0 Å². The van der Waals surface area contributed by atoms with E-state index in [1.807, 2.05) is 5.38 Å².